The van der Waals surface area contributed by atoms with Crippen LogP contribution in [0.4, 0.5) is 0 Å². The lowest BCUT2D eigenvalue weighted by Gasteiger charge is -2.27. The topological polar surface area (TPSA) is 12.0 Å². The molecule has 0 spiro atoms. The smallest absolute Gasteiger partial charge is 0.0123 e. The molecule has 0 aliphatic rings. The summed E-state index contributed by atoms with van der Waals surface area (Å²) in [6, 6.07) is 0. The normalized spacial score (nSPS) is 13.8. The molecular formula is C11H23N. The Labute approximate surface area is 77.2 Å². The van der Waals surface area contributed by atoms with Crippen molar-refractivity contribution in [1.82, 2.24) is 5.32 Å². The summed E-state index contributed by atoms with van der Waals surface area (Å²) in [6.45, 7) is 11.2. The van der Waals surface area contributed by atoms with E-state index in [4.69, 9.17) is 0 Å². The molecule has 0 saturated carbocycles. The second kappa shape index (κ2) is 4.54. The molecule has 0 heterocycles. The van der Waals surface area contributed by atoms with E-state index in [0.717, 1.165) is 0 Å². The Bertz CT molecular complexity index is 154. The molecule has 0 aromatic heterocycles. The second-order valence-corrected chi connectivity index (χ2v) is 4.31. The van der Waals surface area contributed by atoms with Crippen molar-refractivity contribution >= 4 is 0 Å². The minimum Gasteiger partial charge on any atom is -0.391 e. The van der Waals surface area contributed by atoms with E-state index in [-0.39, 0.29) is 0 Å². The van der Waals surface area contributed by atoms with Gasteiger partial charge in [0.05, 0.1) is 0 Å². The van der Waals surface area contributed by atoms with Crippen LogP contribution in [0, 0.1) is 11.3 Å². The summed E-state index contributed by atoms with van der Waals surface area (Å²) >= 11 is 0. The lowest BCUT2D eigenvalue weighted by atomic mass is 9.85. The maximum absolute atomic E-state index is 3.29. The molecule has 72 valence electrons. The molecule has 0 aliphatic heterocycles. The summed E-state index contributed by atoms with van der Waals surface area (Å²) in [4.78, 5) is 0. The maximum atomic E-state index is 3.29. The molecule has 0 rings (SSSR count). The molecule has 0 unspecified atom stereocenters. The molecule has 0 fully saturated rings. The van der Waals surface area contributed by atoms with Crippen molar-refractivity contribution in [2.24, 2.45) is 11.3 Å². The van der Waals surface area contributed by atoms with Crippen molar-refractivity contribution in [2.45, 2.75) is 41.0 Å². The van der Waals surface area contributed by atoms with Gasteiger partial charge in [-0.3, -0.25) is 0 Å². The van der Waals surface area contributed by atoms with Gasteiger partial charge in [0, 0.05) is 18.2 Å². The van der Waals surface area contributed by atoms with Gasteiger partial charge in [-0.15, -0.1) is 0 Å². The predicted molar refractivity (Wildman–Crippen MR) is 56.1 cm³/mol. The molecule has 1 N–H and O–H groups in total. The molecule has 0 radical (unpaired) electrons. The summed E-state index contributed by atoms with van der Waals surface area (Å²) in [5.41, 5.74) is 1.65. The van der Waals surface area contributed by atoms with Crippen LogP contribution in [-0.2, 0) is 0 Å². The van der Waals surface area contributed by atoms with E-state index in [1.807, 2.05) is 7.05 Å². The monoisotopic (exact) mass is 169 g/mol. The highest BCUT2D eigenvalue weighted by atomic mass is 14.9. The van der Waals surface area contributed by atoms with Crippen LogP contribution in [0.25, 0.3) is 0 Å². The Hall–Kier alpha value is -0.460. The van der Waals surface area contributed by atoms with Gasteiger partial charge < -0.3 is 5.32 Å². The Balaban J connectivity index is 4.54. The van der Waals surface area contributed by atoms with Crippen LogP contribution in [0.1, 0.15) is 41.0 Å². The van der Waals surface area contributed by atoms with Gasteiger partial charge in [0.25, 0.3) is 0 Å². The van der Waals surface area contributed by atoms with Gasteiger partial charge in [0.2, 0.25) is 0 Å². The Morgan fingerprint density at radius 2 is 1.92 bits per heavy atom. The van der Waals surface area contributed by atoms with Crippen LogP contribution in [-0.4, -0.2) is 7.05 Å². The van der Waals surface area contributed by atoms with Gasteiger partial charge in [-0.25, -0.2) is 0 Å². The molecule has 0 bridgehead atoms. The second-order valence-electron chi connectivity index (χ2n) is 4.31. The molecular weight excluding hydrogens is 146 g/mol. The van der Waals surface area contributed by atoms with Crippen molar-refractivity contribution in [1.29, 1.82) is 0 Å². The zero-order valence-electron chi connectivity index (χ0n) is 9.36. The van der Waals surface area contributed by atoms with Gasteiger partial charge >= 0.3 is 0 Å². The first-order valence-corrected chi connectivity index (χ1v) is 4.84. The predicted octanol–water partition coefficient (Wildman–Crippen LogP) is 3.18. The molecule has 0 aromatic carbocycles. The number of rotatable bonds is 4. The van der Waals surface area contributed by atoms with Crippen LogP contribution in [0.3, 0.4) is 0 Å². The van der Waals surface area contributed by atoms with E-state index < -0.39 is 0 Å². The quantitative estimate of drug-likeness (QED) is 0.681. The highest BCUT2D eigenvalue weighted by Crippen LogP contribution is 2.28. The minimum atomic E-state index is 0.291. The molecule has 12 heavy (non-hydrogen) atoms. The SMILES string of the molecule is CCC(C)(C)/C(=C\C(C)C)NC. The van der Waals surface area contributed by atoms with Crippen LogP contribution < -0.4 is 5.32 Å². The van der Waals surface area contributed by atoms with E-state index in [9.17, 15) is 0 Å². The van der Waals surface area contributed by atoms with Gasteiger partial charge in [0.1, 0.15) is 0 Å². The van der Waals surface area contributed by atoms with Crippen molar-refractivity contribution in [3.05, 3.63) is 11.8 Å². The highest BCUT2D eigenvalue weighted by Gasteiger charge is 2.19. The largest absolute Gasteiger partial charge is 0.391 e. The van der Waals surface area contributed by atoms with Gasteiger partial charge in [-0.1, -0.05) is 40.7 Å². The standard InChI is InChI=1S/C11H23N/c1-7-11(4,5)10(12-6)8-9(2)3/h8-9,12H,7H2,1-6H3/b10-8+. The number of nitrogens with one attached hydrogen (secondary N) is 1. The number of hydrogen-bond donors (Lipinski definition) is 1. The first-order valence-electron chi connectivity index (χ1n) is 4.84. The molecule has 0 aliphatic carbocycles. The molecule has 1 heteroatoms. The van der Waals surface area contributed by atoms with Crippen LogP contribution >= 0.6 is 0 Å². The molecule has 0 saturated heterocycles. The number of hydrogen-bond acceptors (Lipinski definition) is 1. The van der Waals surface area contributed by atoms with E-state index in [1.165, 1.54) is 12.1 Å². The fourth-order valence-corrected chi connectivity index (χ4v) is 1.17. The van der Waals surface area contributed by atoms with E-state index in [0.29, 0.717) is 11.3 Å². The molecule has 0 atom stereocenters. The average molecular weight is 169 g/mol. The summed E-state index contributed by atoms with van der Waals surface area (Å²) in [6.07, 6.45) is 3.48. The lowest BCUT2D eigenvalue weighted by Crippen LogP contribution is -2.24. The van der Waals surface area contributed by atoms with Crippen LogP contribution in [0.2, 0.25) is 0 Å². The zero-order valence-corrected chi connectivity index (χ0v) is 9.36. The zero-order chi connectivity index (χ0) is 9.78. The van der Waals surface area contributed by atoms with Crippen LogP contribution in [0.5, 0.6) is 0 Å². The van der Waals surface area contributed by atoms with Gasteiger partial charge in [-0.2, -0.15) is 0 Å². The van der Waals surface area contributed by atoms with E-state index in [2.05, 4.69) is 46.0 Å². The fraction of sp³-hybridized carbons (Fsp3) is 0.818. The average Bonchev–Trinajstić information content (AvgIpc) is 1.99. The fourth-order valence-electron chi connectivity index (χ4n) is 1.17. The first kappa shape index (κ1) is 11.5. The number of allylic oxidation sites excluding steroid dienone is 2. The summed E-state index contributed by atoms with van der Waals surface area (Å²) in [5, 5.41) is 3.29. The summed E-state index contributed by atoms with van der Waals surface area (Å²) < 4.78 is 0. The third-order valence-corrected chi connectivity index (χ3v) is 2.38. The highest BCUT2D eigenvalue weighted by molar-refractivity contribution is 5.10. The van der Waals surface area contributed by atoms with Gasteiger partial charge in [0.15, 0.2) is 0 Å². The lowest BCUT2D eigenvalue weighted by molar-refractivity contribution is 0.402. The van der Waals surface area contributed by atoms with Crippen molar-refractivity contribution < 1.29 is 0 Å². The third kappa shape index (κ3) is 3.29. The van der Waals surface area contributed by atoms with Crippen molar-refractivity contribution in [3.63, 3.8) is 0 Å². The van der Waals surface area contributed by atoms with E-state index in [1.54, 1.807) is 0 Å². The summed E-state index contributed by atoms with van der Waals surface area (Å²) in [7, 11) is 2.01. The Kier molecular flexibility index (Phi) is 4.36. The summed E-state index contributed by atoms with van der Waals surface area (Å²) in [5.74, 6) is 0.623. The van der Waals surface area contributed by atoms with Crippen molar-refractivity contribution in [2.75, 3.05) is 7.05 Å². The maximum Gasteiger partial charge on any atom is 0.0123 e. The van der Waals surface area contributed by atoms with Crippen LogP contribution in [0.15, 0.2) is 11.8 Å². The molecule has 1 nitrogen and oxygen atoms in total. The first-order chi connectivity index (χ1) is 5.44. The molecule has 0 amide bonds. The Morgan fingerprint density at radius 3 is 2.17 bits per heavy atom. The third-order valence-electron chi connectivity index (χ3n) is 2.38. The van der Waals surface area contributed by atoms with E-state index >= 15 is 0 Å². The minimum absolute atomic E-state index is 0.291. The van der Waals surface area contributed by atoms with Gasteiger partial charge in [-0.05, 0) is 12.3 Å². The molecule has 0 aromatic rings. The Morgan fingerprint density at radius 1 is 1.42 bits per heavy atom. The van der Waals surface area contributed by atoms with Crippen molar-refractivity contribution in [3.8, 4) is 0 Å².